The Morgan fingerprint density at radius 3 is 2.40 bits per heavy atom. The monoisotopic (exact) mass is 562 g/mol. The van der Waals surface area contributed by atoms with Crippen molar-refractivity contribution in [2.24, 2.45) is 5.92 Å². The van der Waals surface area contributed by atoms with Gasteiger partial charge in [0.2, 0.25) is 0 Å². The molecule has 0 aliphatic heterocycles. The minimum absolute atomic E-state index is 0.0730. The van der Waals surface area contributed by atoms with Gasteiger partial charge in [0.15, 0.2) is 16.5 Å². The Morgan fingerprint density at radius 2 is 1.83 bits per heavy atom. The number of carbonyl (C=O) groups excluding carboxylic acids is 1. The number of benzene rings is 2. The number of fused-ring (bicyclic) bond motifs is 4. The zero-order valence-electron chi connectivity index (χ0n) is 19.5. The fourth-order valence-corrected chi connectivity index (χ4v) is 6.67. The van der Waals surface area contributed by atoms with Crippen LogP contribution in [0.25, 0.3) is 11.3 Å². The van der Waals surface area contributed by atoms with E-state index in [0.29, 0.717) is 23.7 Å². The largest absolute Gasteiger partial charge is 0.495 e. The Bertz CT molecular complexity index is 1440. The van der Waals surface area contributed by atoms with Crippen LogP contribution in [0.15, 0.2) is 44.2 Å². The number of carbonyl (C=O) groups is 1. The number of hydrogen-bond acceptors (Lipinski definition) is 8. The van der Waals surface area contributed by atoms with E-state index < -0.39 is 16.0 Å². The van der Waals surface area contributed by atoms with Gasteiger partial charge in [-0.1, -0.05) is 34.1 Å². The average molecular weight is 563 g/mol. The van der Waals surface area contributed by atoms with E-state index in [1.54, 1.807) is 0 Å². The zero-order chi connectivity index (χ0) is 25.1. The molecule has 184 valence electrons. The van der Waals surface area contributed by atoms with E-state index in [0.717, 1.165) is 16.5 Å². The normalized spacial score (nSPS) is 20.1. The Kier molecular flexibility index (Phi) is 5.59. The fraction of sp³-hybridized carbons (Fsp3) is 0.333. The smallest absolute Gasteiger partial charge is 0.338 e. The number of halogens is 1. The molecule has 2 aliphatic rings. The lowest BCUT2D eigenvalue weighted by Crippen LogP contribution is -2.22. The molecule has 0 amide bonds. The Morgan fingerprint density at radius 1 is 1.17 bits per heavy atom. The topological polar surface area (TPSA) is 117 Å². The number of anilines is 1. The summed E-state index contributed by atoms with van der Waals surface area (Å²) in [6.07, 6.45) is 1.60. The molecule has 9 nitrogen and oxygen atoms in total. The van der Waals surface area contributed by atoms with E-state index in [-0.39, 0.29) is 33.2 Å². The highest BCUT2D eigenvalue weighted by Crippen LogP contribution is 2.62. The van der Waals surface area contributed by atoms with Gasteiger partial charge in [0.1, 0.15) is 11.5 Å². The number of ether oxygens (including phenoxy) is 3. The third-order valence-electron chi connectivity index (χ3n) is 6.88. The quantitative estimate of drug-likeness (QED) is 0.435. The van der Waals surface area contributed by atoms with Crippen LogP contribution in [0.1, 0.15) is 34.8 Å². The summed E-state index contributed by atoms with van der Waals surface area (Å²) < 4.78 is 51.6. The van der Waals surface area contributed by atoms with Crippen molar-refractivity contribution in [1.29, 1.82) is 0 Å². The van der Waals surface area contributed by atoms with Crippen molar-refractivity contribution in [1.82, 2.24) is 5.16 Å². The second kappa shape index (κ2) is 8.27. The number of esters is 1. The molecule has 35 heavy (non-hydrogen) atoms. The number of nitrogens with zero attached hydrogens (tertiary/aromatic N) is 1. The molecule has 1 N–H and O–H groups in total. The summed E-state index contributed by atoms with van der Waals surface area (Å²) in [6, 6.07) is 8.65. The second-order valence-electron chi connectivity index (χ2n) is 8.77. The van der Waals surface area contributed by atoms with Gasteiger partial charge in [-0.05, 0) is 48.6 Å². The molecule has 2 atom stereocenters. The number of rotatable bonds is 6. The number of methoxy groups -OCH3 is 3. The van der Waals surface area contributed by atoms with Crippen molar-refractivity contribution in [2.45, 2.75) is 30.1 Å². The molecule has 1 fully saturated rings. The molecule has 1 aromatic heterocycles. The molecule has 1 spiro atoms. The van der Waals surface area contributed by atoms with E-state index in [9.17, 15) is 13.2 Å². The summed E-state index contributed by atoms with van der Waals surface area (Å²) >= 11 is 3.52. The molecule has 2 aliphatic carbocycles. The maximum Gasteiger partial charge on any atom is 0.338 e. The third kappa shape index (κ3) is 3.68. The Hall–Kier alpha value is -3.05. The highest BCUT2D eigenvalue weighted by Gasteiger charge is 2.56. The van der Waals surface area contributed by atoms with E-state index in [1.165, 1.54) is 39.0 Å². The van der Waals surface area contributed by atoms with Crippen LogP contribution in [0, 0.1) is 5.92 Å². The molecule has 3 aromatic rings. The molecule has 1 heterocycles. The van der Waals surface area contributed by atoms with Crippen LogP contribution in [-0.2, 0) is 26.6 Å². The van der Waals surface area contributed by atoms with Gasteiger partial charge in [0.05, 0.1) is 26.9 Å². The molecule has 0 bridgehead atoms. The van der Waals surface area contributed by atoms with Crippen LogP contribution in [0.2, 0.25) is 0 Å². The first kappa shape index (κ1) is 23.7. The summed E-state index contributed by atoms with van der Waals surface area (Å²) in [5.74, 6) is 0.306. The van der Waals surface area contributed by atoms with Crippen molar-refractivity contribution in [3.8, 4) is 22.8 Å². The van der Waals surface area contributed by atoms with Gasteiger partial charge in [0.25, 0.3) is 10.0 Å². The highest BCUT2D eigenvalue weighted by molar-refractivity contribution is 9.10. The van der Waals surface area contributed by atoms with E-state index in [1.807, 2.05) is 12.1 Å². The van der Waals surface area contributed by atoms with Crippen molar-refractivity contribution in [3.63, 3.8) is 0 Å². The number of aromatic nitrogens is 1. The summed E-state index contributed by atoms with van der Waals surface area (Å²) in [6.45, 7) is 2.19. The van der Waals surface area contributed by atoms with Gasteiger partial charge in [-0.15, -0.1) is 0 Å². The van der Waals surface area contributed by atoms with Crippen LogP contribution in [0.5, 0.6) is 11.5 Å². The highest BCUT2D eigenvalue weighted by atomic mass is 79.9. The van der Waals surface area contributed by atoms with E-state index >= 15 is 0 Å². The first-order valence-corrected chi connectivity index (χ1v) is 13.1. The van der Waals surface area contributed by atoms with Crippen LogP contribution < -0.4 is 14.2 Å². The molecular weight excluding hydrogens is 540 g/mol. The number of nitrogens with one attached hydrogen (secondary N) is 1. The average Bonchev–Trinajstić information content (AvgIpc) is 3.31. The minimum Gasteiger partial charge on any atom is -0.495 e. The first-order valence-electron chi connectivity index (χ1n) is 10.8. The number of sulfonamides is 1. The van der Waals surface area contributed by atoms with Gasteiger partial charge in [-0.3, -0.25) is 4.72 Å². The van der Waals surface area contributed by atoms with Crippen molar-refractivity contribution in [3.05, 3.63) is 51.5 Å². The predicted octanol–water partition coefficient (Wildman–Crippen LogP) is 4.54. The summed E-state index contributed by atoms with van der Waals surface area (Å²) in [4.78, 5) is 11.8. The van der Waals surface area contributed by atoms with Gasteiger partial charge in [-0.25, -0.2) is 13.2 Å². The third-order valence-corrected chi connectivity index (χ3v) is 8.77. The van der Waals surface area contributed by atoms with E-state index in [2.05, 4.69) is 38.8 Å². The van der Waals surface area contributed by atoms with Gasteiger partial charge >= 0.3 is 5.97 Å². The SMILES string of the molecule is COC(=O)c1cc(OC)c(S(=O)(=O)Nc2noc3c2C[C@@]2(C[C@@H]2C)c2ccc(Br)cc2-3)c(OC)c1. The molecule has 2 aromatic carbocycles. The molecule has 0 radical (unpaired) electrons. The summed E-state index contributed by atoms with van der Waals surface area (Å²) in [7, 11) is -0.413. The predicted molar refractivity (Wildman–Crippen MR) is 130 cm³/mol. The Balaban J connectivity index is 1.59. The minimum atomic E-state index is -4.25. The zero-order valence-corrected chi connectivity index (χ0v) is 21.9. The molecule has 0 unspecified atom stereocenters. The van der Waals surface area contributed by atoms with Crippen molar-refractivity contribution in [2.75, 3.05) is 26.1 Å². The lowest BCUT2D eigenvalue weighted by molar-refractivity contribution is 0.0599. The van der Waals surface area contributed by atoms with E-state index in [4.69, 9.17) is 18.7 Å². The maximum absolute atomic E-state index is 13.6. The lowest BCUT2D eigenvalue weighted by Gasteiger charge is -2.25. The first-order chi connectivity index (χ1) is 16.6. The van der Waals surface area contributed by atoms with Crippen LogP contribution >= 0.6 is 15.9 Å². The maximum atomic E-state index is 13.6. The molecule has 0 saturated heterocycles. The second-order valence-corrected chi connectivity index (χ2v) is 11.3. The fourth-order valence-electron chi connectivity index (χ4n) is 4.98. The van der Waals surface area contributed by atoms with Crippen LogP contribution in [-0.4, -0.2) is 40.9 Å². The van der Waals surface area contributed by atoms with Crippen LogP contribution in [0.4, 0.5) is 5.82 Å². The lowest BCUT2D eigenvalue weighted by atomic mass is 9.78. The van der Waals surface area contributed by atoms with Crippen LogP contribution in [0.3, 0.4) is 0 Å². The standard InChI is InChI=1S/C24H23BrN2O7S/c1-12-10-24(12)11-16-20(15-9-14(25)5-6-17(15)24)34-26-22(16)27-35(29,30)21-18(31-2)7-13(23(28)33-4)8-19(21)32-3/h5-9,12H,10-11H2,1-4H3,(H,26,27)/t12-,24+/m0/s1. The summed E-state index contributed by atoms with van der Waals surface area (Å²) in [5.41, 5.74) is 2.80. The van der Waals surface area contributed by atoms with Gasteiger partial charge < -0.3 is 18.7 Å². The van der Waals surface area contributed by atoms with Crippen molar-refractivity contribution < 1.29 is 31.9 Å². The number of hydrogen-bond donors (Lipinski definition) is 1. The van der Waals surface area contributed by atoms with Crippen molar-refractivity contribution >= 4 is 37.7 Å². The van der Waals surface area contributed by atoms with Gasteiger partial charge in [0, 0.05) is 21.0 Å². The molecule has 5 rings (SSSR count). The molecule has 11 heteroatoms. The van der Waals surface area contributed by atoms with Gasteiger partial charge in [-0.2, -0.15) is 0 Å². The molecule has 1 saturated carbocycles. The Labute approximate surface area is 210 Å². The summed E-state index contributed by atoms with van der Waals surface area (Å²) in [5, 5.41) is 4.09. The molecular formula is C24H23BrN2O7S.